The molecule has 4 atom stereocenters. The van der Waals surface area contributed by atoms with Crippen LogP contribution in [0.15, 0.2) is 36.4 Å². The number of pyridine rings is 1. The minimum absolute atomic E-state index is 0.243. The summed E-state index contributed by atoms with van der Waals surface area (Å²) in [6.45, 7) is 0.574. The third-order valence-electron chi connectivity index (χ3n) is 7.46. The largest absolute Gasteiger partial charge is 0.470 e. The summed E-state index contributed by atoms with van der Waals surface area (Å²) in [6, 6.07) is 12.0. The maximum atomic E-state index is 15.0. The van der Waals surface area contributed by atoms with Crippen molar-refractivity contribution < 1.29 is 23.7 Å². The number of aromatic amines is 1. The first-order chi connectivity index (χ1) is 17.1. The topological polar surface area (TPSA) is 88.6 Å². The standard InChI is InChI=1S/C26H30FN3O4S/c1-35-30-17-8-6-15(7-9-17)14-2-4-16(5-3-14)24-18(27)10-19-20(29-24)11-23(28-19)34-22-13-33-25-21(31)12-32-26(22)25/h2-5,10-11,15,17,21-22,25-26,28,30-31H,6-9,12-13H2,1H3/t15?,17?,21-,22-,25-,26-/m1/s1. The Bertz CT molecular complexity index is 1180. The highest BCUT2D eigenvalue weighted by Crippen LogP contribution is 2.35. The lowest BCUT2D eigenvalue weighted by Crippen LogP contribution is -2.34. The summed E-state index contributed by atoms with van der Waals surface area (Å²) in [6.07, 6.45) is 5.12. The first-order valence-electron chi connectivity index (χ1n) is 12.2. The molecule has 2 aliphatic heterocycles. The number of hydrogen-bond donors (Lipinski definition) is 3. The summed E-state index contributed by atoms with van der Waals surface area (Å²) in [5, 5.41) is 9.92. The van der Waals surface area contributed by atoms with Crippen LogP contribution in [0.1, 0.15) is 37.2 Å². The molecule has 3 aliphatic rings. The van der Waals surface area contributed by atoms with Crippen molar-refractivity contribution in [3.63, 3.8) is 0 Å². The third kappa shape index (κ3) is 4.56. The molecule has 6 rings (SSSR count). The Labute approximate surface area is 207 Å². The molecule has 9 heteroatoms. The zero-order valence-electron chi connectivity index (χ0n) is 19.6. The van der Waals surface area contributed by atoms with E-state index in [2.05, 4.69) is 33.1 Å². The second kappa shape index (κ2) is 9.71. The van der Waals surface area contributed by atoms with Crippen LogP contribution < -0.4 is 9.46 Å². The number of nitrogens with one attached hydrogen (secondary N) is 2. The van der Waals surface area contributed by atoms with Crippen molar-refractivity contribution in [2.24, 2.45) is 0 Å². The smallest absolute Gasteiger partial charge is 0.193 e. The quantitative estimate of drug-likeness (QED) is 0.439. The normalized spacial score (nSPS) is 30.6. The van der Waals surface area contributed by atoms with Crippen LogP contribution in [0.25, 0.3) is 22.3 Å². The zero-order valence-corrected chi connectivity index (χ0v) is 20.4. The molecule has 1 aliphatic carbocycles. The number of rotatable bonds is 6. The summed E-state index contributed by atoms with van der Waals surface area (Å²) in [7, 11) is 0. The fraction of sp³-hybridized carbons (Fsp3) is 0.500. The Morgan fingerprint density at radius 1 is 1.09 bits per heavy atom. The van der Waals surface area contributed by atoms with Crippen LogP contribution in [-0.2, 0) is 9.47 Å². The molecule has 3 fully saturated rings. The van der Waals surface area contributed by atoms with Crippen molar-refractivity contribution in [3.8, 4) is 17.1 Å². The van der Waals surface area contributed by atoms with E-state index in [9.17, 15) is 5.11 Å². The molecule has 2 aromatic heterocycles. The third-order valence-corrected chi connectivity index (χ3v) is 8.03. The Kier molecular flexibility index (Phi) is 6.45. The molecule has 1 aromatic carbocycles. The van der Waals surface area contributed by atoms with E-state index in [1.54, 1.807) is 18.0 Å². The monoisotopic (exact) mass is 499 g/mol. The van der Waals surface area contributed by atoms with Crippen LogP contribution in [0.2, 0.25) is 0 Å². The average molecular weight is 500 g/mol. The van der Waals surface area contributed by atoms with Gasteiger partial charge in [0.25, 0.3) is 0 Å². The summed E-state index contributed by atoms with van der Waals surface area (Å²) < 4.78 is 35.8. The maximum Gasteiger partial charge on any atom is 0.193 e. The predicted octanol–water partition coefficient (Wildman–Crippen LogP) is 4.17. The summed E-state index contributed by atoms with van der Waals surface area (Å²) in [5.41, 5.74) is 3.59. The van der Waals surface area contributed by atoms with Crippen LogP contribution in [-0.4, -0.2) is 65.0 Å². The minimum Gasteiger partial charge on any atom is -0.470 e. The highest BCUT2D eigenvalue weighted by molar-refractivity contribution is 7.96. The van der Waals surface area contributed by atoms with Crippen molar-refractivity contribution in [1.82, 2.24) is 14.7 Å². The molecule has 3 aromatic rings. The lowest BCUT2D eigenvalue weighted by Gasteiger charge is -2.28. The van der Waals surface area contributed by atoms with Crippen LogP contribution in [0.3, 0.4) is 0 Å². The predicted molar refractivity (Wildman–Crippen MR) is 133 cm³/mol. The minimum atomic E-state index is -0.631. The molecule has 0 spiro atoms. The molecule has 186 valence electrons. The Balaban J connectivity index is 1.17. The number of aliphatic hydroxyl groups excluding tert-OH is 1. The van der Waals surface area contributed by atoms with E-state index in [0.29, 0.717) is 41.2 Å². The Morgan fingerprint density at radius 3 is 2.63 bits per heavy atom. The second-order valence-corrected chi connectivity index (χ2v) is 10.3. The molecule has 4 heterocycles. The van der Waals surface area contributed by atoms with E-state index in [1.807, 2.05) is 12.1 Å². The second-order valence-electron chi connectivity index (χ2n) is 9.70. The van der Waals surface area contributed by atoms with Gasteiger partial charge in [0.05, 0.1) is 24.2 Å². The fourth-order valence-corrected chi connectivity index (χ4v) is 6.17. The van der Waals surface area contributed by atoms with Gasteiger partial charge in [-0.1, -0.05) is 36.2 Å². The van der Waals surface area contributed by atoms with Crippen LogP contribution in [0.4, 0.5) is 4.39 Å². The van der Waals surface area contributed by atoms with E-state index in [4.69, 9.17) is 14.2 Å². The highest BCUT2D eigenvalue weighted by atomic mass is 32.2. The molecule has 0 radical (unpaired) electrons. The molecule has 3 N–H and O–H groups in total. The first kappa shape index (κ1) is 23.2. The van der Waals surface area contributed by atoms with Gasteiger partial charge in [-0.3, -0.25) is 4.72 Å². The van der Waals surface area contributed by atoms with Crippen LogP contribution in [0.5, 0.6) is 5.88 Å². The van der Waals surface area contributed by atoms with E-state index < -0.39 is 6.10 Å². The van der Waals surface area contributed by atoms with Gasteiger partial charge in [-0.15, -0.1) is 0 Å². The number of nitrogens with zero attached hydrogens (tertiary/aromatic N) is 1. The lowest BCUT2D eigenvalue weighted by molar-refractivity contribution is 0.00794. The van der Waals surface area contributed by atoms with Gasteiger partial charge in [0, 0.05) is 23.7 Å². The van der Waals surface area contributed by atoms with Crippen molar-refractivity contribution >= 4 is 23.0 Å². The molecule has 35 heavy (non-hydrogen) atoms. The van der Waals surface area contributed by atoms with Gasteiger partial charge in [-0.05, 0) is 43.4 Å². The highest BCUT2D eigenvalue weighted by Gasteiger charge is 2.48. The number of aromatic nitrogens is 2. The maximum absolute atomic E-state index is 15.0. The van der Waals surface area contributed by atoms with Crippen molar-refractivity contribution in [3.05, 3.63) is 47.8 Å². The summed E-state index contributed by atoms with van der Waals surface area (Å²) in [5.74, 6) is 0.650. The Morgan fingerprint density at radius 2 is 1.86 bits per heavy atom. The summed E-state index contributed by atoms with van der Waals surface area (Å²) >= 11 is 1.70. The van der Waals surface area contributed by atoms with E-state index in [-0.39, 0.29) is 30.7 Å². The zero-order chi connectivity index (χ0) is 23.9. The van der Waals surface area contributed by atoms with Gasteiger partial charge in [0.2, 0.25) is 0 Å². The molecule has 0 bridgehead atoms. The lowest BCUT2D eigenvalue weighted by atomic mass is 9.82. The van der Waals surface area contributed by atoms with Gasteiger partial charge in [-0.25, -0.2) is 9.37 Å². The molecule has 7 nitrogen and oxygen atoms in total. The molecule has 0 amide bonds. The summed E-state index contributed by atoms with van der Waals surface area (Å²) in [4.78, 5) is 7.68. The number of aliphatic hydroxyl groups is 1. The van der Waals surface area contributed by atoms with Crippen LogP contribution >= 0.6 is 11.9 Å². The van der Waals surface area contributed by atoms with Crippen molar-refractivity contribution in [1.29, 1.82) is 0 Å². The van der Waals surface area contributed by atoms with Crippen molar-refractivity contribution in [2.45, 2.75) is 62.1 Å². The van der Waals surface area contributed by atoms with Crippen LogP contribution in [0, 0.1) is 5.82 Å². The molecule has 0 unspecified atom stereocenters. The number of hydrogen-bond acceptors (Lipinski definition) is 7. The number of fused-ring (bicyclic) bond motifs is 2. The molecule has 1 saturated carbocycles. The van der Waals surface area contributed by atoms with E-state index >= 15 is 4.39 Å². The van der Waals surface area contributed by atoms with Gasteiger partial charge in [0.1, 0.15) is 24.0 Å². The number of H-pyrrole nitrogens is 1. The van der Waals surface area contributed by atoms with Gasteiger partial charge in [0.15, 0.2) is 17.8 Å². The first-order valence-corrected chi connectivity index (χ1v) is 13.5. The average Bonchev–Trinajstić information content (AvgIpc) is 3.56. The van der Waals surface area contributed by atoms with E-state index in [1.165, 1.54) is 37.3 Å². The molecular formula is C26H30FN3O4S. The molecular weight excluding hydrogens is 469 g/mol. The number of ether oxygens (including phenoxy) is 3. The molecule has 2 saturated heterocycles. The van der Waals surface area contributed by atoms with Crippen molar-refractivity contribution in [2.75, 3.05) is 19.5 Å². The van der Waals surface area contributed by atoms with Gasteiger partial charge in [-0.2, -0.15) is 0 Å². The SMILES string of the molecule is CSNC1CCC(c2ccc(-c3nc4cc(O[C@@H]5CO[C@H]6[C@@H]5OC[C@H]6O)[nH]c4cc3F)cc2)CC1. The van der Waals surface area contributed by atoms with Gasteiger partial charge >= 0.3 is 0 Å². The fourth-order valence-electron chi connectivity index (χ4n) is 5.60. The number of halogens is 1. The van der Waals surface area contributed by atoms with Gasteiger partial charge < -0.3 is 24.3 Å². The van der Waals surface area contributed by atoms with E-state index in [0.717, 1.165) is 5.56 Å². The number of benzene rings is 1. The Hall–Kier alpha value is -2.17.